The van der Waals surface area contributed by atoms with Gasteiger partial charge in [0.05, 0.1) is 23.8 Å². The minimum absolute atomic E-state index is 0.0144. The number of amides is 1. The van der Waals surface area contributed by atoms with Crippen LogP contribution in [0, 0.1) is 13.8 Å². The Balaban J connectivity index is 1.68. The van der Waals surface area contributed by atoms with Gasteiger partial charge in [-0.05, 0) is 44.0 Å². The fourth-order valence-corrected chi connectivity index (χ4v) is 5.19. The normalized spacial score (nSPS) is 18.3. The quantitative estimate of drug-likeness (QED) is 0.726. The molecule has 1 atom stereocenters. The summed E-state index contributed by atoms with van der Waals surface area (Å²) >= 11 is 0. The van der Waals surface area contributed by atoms with Gasteiger partial charge in [0.2, 0.25) is 0 Å². The second-order valence-electron chi connectivity index (χ2n) is 7.17. The van der Waals surface area contributed by atoms with Gasteiger partial charge < -0.3 is 9.73 Å². The molecule has 1 amide bonds. The third kappa shape index (κ3) is 3.60. The van der Waals surface area contributed by atoms with Gasteiger partial charge in [0.25, 0.3) is 5.91 Å². The Morgan fingerprint density at radius 2 is 2.07 bits per heavy atom. The van der Waals surface area contributed by atoms with Gasteiger partial charge in [0, 0.05) is 11.8 Å². The molecule has 1 N–H and O–H groups in total. The first-order chi connectivity index (χ1) is 13.3. The van der Waals surface area contributed by atoms with Crippen molar-refractivity contribution in [2.75, 3.05) is 16.8 Å². The zero-order valence-electron chi connectivity index (χ0n) is 15.7. The molecule has 2 aromatic heterocycles. The lowest BCUT2D eigenvalue weighted by Crippen LogP contribution is -2.17. The molecule has 28 heavy (non-hydrogen) atoms. The van der Waals surface area contributed by atoms with E-state index < -0.39 is 9.84 Å². The highest BCUT2D eigenvalue weighted by Crippen LogP contribution is 2.30. The van der Waals surface area contributed by atoms with Crippen LogP contribution in [0.1, 0.15) is 34.1 Å². The van der Waals surface area contributed by atoms with Crippen molar-refractivity contribution >= 4 is 21.4 Å². The minimum Gasteiger partial charge on any atom is -0.463 e. The second-order valence-corrected chi connectivity index (χ2v) is 9.39. The maximum absolute atomic E-state index is 12.8. The van der Waals surface area contributed by atoms with Crippen molar-refractivity contribution in [1.82, 2.24) is 9.78 Å². The third-order valence-corrected chi connectivity index (χ3v) is 6.68. The number of furan rings is 1. The molecule has 3 aromatic rings. The van der Waals surface area contributed by atoms with E-state index in [4.69, 9.17) is 4.42 Å². The number of anilines is 1. The monoisotopic (exact) mass is 399 g/mol. The molecule has 3 heterocycles. The lowest BCUT2D eigenvalue weighted by Gasteiger charge is -2.11. The van der Waals surface area contributed by atoms with Crippen LogP contribution in [0.2, 0.25) is 0 Å². The van der Waals surface area contributed by atoms with Crippen LogP contribution in [0.3, 0.4) is 0 Å². The zero-order chi connectivity index (χ0) is 19.9. The molecule has 7 nitrogen and oxygen atoms in total. The van der Waals surface area contributed by atoms with Crippen molar-refractivity contribution in [2.45, 2.75) is 26.3 Å². The van der Waals surface area contributed by atoms with Crippen LogP contribution in [-0.4, -0.2) is 35.6 Å². The topological polar surface area (TPSA) is 94.2 Å². The van der Waals surface area contributed by atoms with Crippen molar-refractivity contribution in [1.29, 1.82) is 0 Å². The van der Waals surface area contributed by atoms with E-state index in [-0.39, 0.29) is 29.1 Å². The molecular weight excluding hydrogens is 378 g/mol. The van der Waals surface area contributed by atoms with Gasteiger partial charge in [-0.15, -0.1) is 0 Å². The van der Waals surface area contributed by atoms with Gasteiger partial charge in [0.1, 0.15) is 5.69 Å². The highest BCUT2D eigenvalue weighted by Gasteiger charge is 2.32. The SMILES string of the molecule is Cc1ccc(NC(=O)c2cc(-c3ccco3)n(C3CCS(=O)(=O)C3)n2)c(C)c1. The van der Waals surface area contributed by atoms with Crippen LogP contribution in [-0.2, 0) is 9.84 Å². The number of benzene rings is 1. The number of carbonyl (C=O) groups excluding carboxylic acids is 1. The van der Waals surface area contributed by atoms with Gasteiger partial charge in [0.15, 0.2) is 21.3 Å². The lowest BCUT2D eigenvalue weighted by atomic mass is 10.1. The summed E-state index contributed by atoms with van der Waals surface area (Å²) in [4.78, 5) is 12.8. The summed E-state index contributed by atoms with van der Waals surface area (Å²) in [5.41, 5.74) is 3.60. The molecule has 1 unspecified atom stereocenters. The summed E-state index contributed by atoms with van der Waals surface area (Å²) < 4.78 is 30.9. The van der Waals surface area contributed by atoms with Crippen molar-refractivity contribution < 1.29 is 17.6 Å². The van der Waals surface area contributed by atoms with Crippen LogP contribution < -0.4 is 5.32 Å². The first kappa shape index (κ1) is 18.5. The van der Waals surface area contributed by atoms with Crippen molar-refractivity contribution in [3.63, 3.8) is 0 Å². The Labute approximate surface area is 163 Å². The lowest BCUT2D eigenvalue weighted by molar-refractivity contribution is 0.102. The summed E-state index contributed by atoms with van der Waals surface area (Å²) in [7, 11) is -3.09. The molecule has 1 aliphatic rings. The summed E-state index contributed by atoms with van der Waals surface area (Å²) in [6, 6.07) is 10.6. The van der Waals surface area contributed by atoms with E-state index in [1.165, 1.54) is 6.26 Å². The first-order valence-electron chi connectivity index (χ1n) is 9.05. The number of rotatable bonds is 4. The Morgan fingerprint density at radius 1 is 1.25 bits per heavy atom. The predicted octanol–water partition coefficient (Wildman–Crippen LogP) is 3.37. The maximum atomic E-state index is 12.8. The van der Waals surface area contributed by atoms with E-state index in [0.717, 1.165) is 11.1 Å². The van der Waals surface area contributed by atoms with Gasteiger partial charge in [-0.1, -0.05) is 17.7 Å². The average Bonchev–Trinajstić information content (AvgIpc) is 3.35. The average molecular weight is 399 g/mol. The number of carbonyl (C=O) groups is 1. The number of nitrogens with zero attached hydrogens (tertiary/aromatic N) is 2. The van der Waals surface area contributed by atoms with Gasteiger partial charge in [-0.25, -0.2) is 8.42 Å². The number of sulfone groups is 1. The van der Waals surface area contributed by atoms with E-state index in [2.05, 4.69) is 10.4 Å². The number of aromatic nitrogens is 2. The van der Waals surface area contributed by atoms with E-state index >= 15 is 0 Å². The fraction of sp³-hybridized carbons (Fsp3) is 0.300. The summed E-state index contributed by atoms with van der Waals surface area (Å²) in [5, 5.41) is 7.32. The van der Waals surface area contributed by atoms with E-state index in [9.17, 15) is 13.2 Å². The Kier molecular flexibility index (Phi) is 4.58. The Bertz CT molecular complexity index is 1130. The maximum Gasteiger partial charge on any atom is 0.276 e. The molecule has 0 radical (unpaired) electrons. The smallest absolute Gasteiger partial charge is 0.276 e. The van der Waals surface area contributed by atoms with Crippen molar-refractivity contribution in [3.8, 4) is 11.5 Å². The number of nitrogens with one attached hydrogen (secondary N) is 1. The summed E-state index contributed by atoms with van der Waals surface area (Å²) in [6.07, 6.45) is 2.00. The van der Waals surface area contributed by atoms with E-state index in [0.29, 0.717) is 23.6 Å². The van der Waals surface area contributed by atoms with Crippen molar-refractivity contribution in [3.05, 3.63) is 59.5 Å². The third-order valence-electron chi connectivity index (χ3n) is 4.93. The van der Waals surface area contributed by atoms with Gasteiger partial charge in [-0.3, -0.25) is 9.48 Å². The molecule has 1 aromatic carbocycles. The molecule has 1 saturated heterocycles. The second kappa shape index (κ2) is 6.94. The van der Waals surface area contributed by atoms with Crippen LogP contribution in [0.4, 0.5) is 5.69 Å². The van der Waals surface area contributed by atoms with Crippen LogP contribution in [0.5, 0.6) is 0 Å². The Morgan fingerprint density at radius 3 is 2.71 bits per heavy atom. The number of aryl methyl sites for hydroxylation is 2. The number of hydrogen-bond acceptors (Lipinski definition) is 5. The largest absolute Gasteiger partial charge is 0.463 e. The van der Waals surface area contributed by atoms with Crippen LogP contribution in [0.25, 0.3) is 11.5 Å². The molecule has 0 bridgehead atoms. The van der Waals surface area contributed by atoms with Crippen molar-refractivity contribution in [2.24, 2.45) is 0 Å². The standard InChI is InChI=1S/C20H21N3O4S/c1-13-5-6-16(14(2)10-13)21-20(24)17-11-18(19-4-3-8-27-19)23(22-17)15-7-9-28(25,26)12-15/h3-6,8,10-11,15H,7,9,12H2,1-2H3,(H,21,24). The molecule has 1 aliphatic heterocycles. The molecule has 0 saturated carbocycles. The molecule has 1 fully saturated rings. The van der Waals surface area contributed by atoms with Gasteiger partial charge >= 0.3 is 0 Å². The molecule has 0 aliphatic carbocycles. The molecular formula is C20H21N3O4S. The fourth-order valence-electron chi connectivity index (χ4n) is 3.50. The number of hydrogen-bond donors (Lipinski definition) is 1. The predicted molar refractivity (Wildman–Crippen MR) is 106 cm³/mol. The van der Waals surface area contributed by atoms with Gasteiger partial charge in [-0.2, -0.15) is 5.10 Å². The minimum atomic E-state index is -3.09. The molecule has 0 spiro atoms. The van der Waals surface area contributed by atoms with Crippen LogP contribution in [0.15, 0.2) is 47.1 Å². The highest BCUT2D eigenvalue weighted by molar-refractivity contribution is 7.91. The van der Waals surface area contributed by atoms with E-state index in [1.54, 1.807) is 22.9 Å². The van der Waals surface area contributed by atoms with E-state index in [1.807, 2.05) is 32.0 Å². The molecule has 4 rings (SSSR count). The summed E-state index contributed by atoms with van der Waals surface area (Å²) in [6.45, 7) is 3.92. The first-order valence-corrected chi connectivity index (χ1v) is 10.9. The zero-order valence-corrected chi connectivity index (χ0v) is 16.5. The summed E-state index contributed by atoms with van der Waals surface area (Å²) in [5.74, 6) is 0.335. The molecule has 8 heteroatoms. The van der Waals surface area contributed by atoms with Crippen LogP contribution >= 0.6 is 0 Å². The highest BCUT2D eigenvalue weighted by atomic mass is 32.2. The molecule has 146 valence electrons. The Hall–Kier alpha value is -2.87.